The third kappa shape index (κ3) is 4.19. The highest BCUT2D eigenvalue weighted by molar-refractivity contribution is 6.03. The summed E-state index contributed by atoms with van der Waals surface area (Å²) >= 11 is 0. The van der Waals surface area contributed by atoms with Crippen molar-refractivity contribution in [3.8, 4) is 22.4 Å². The minimum absolute atomic E-state index is 0.169. The molecule has 0 aromatic carbocycles. The summed E-state index contributed by atoms with van der Waals surface area (Å²) < 4.78 is 49.3. The number of hydrogen-bond acceptors (Lipinski definition) is 6. The first-order valence-corrected chi connectivity index (χ1v) is 14.0. The van der Waals surface area contributed by atoms with Gasteiger partial charge >= 0.3 is 12.1 Å². The molecule has 0 saturated heterocycles. The first kappa shape index (κ1) is 26.0. The fourth-order valence-electron chi connectivity index (χ4n) is 8.31. The van der Waals surface area contributed by atoms with Gasteiger partial charge in [-0.3, -0.25) is 9.08 Å². The Morgan fingerprint density at radius 3 is 2.39 bits per heavy atom. The standard InChI is InChI=1S/C30H31F3N6O2/c1-16-22(13-37-39(16)15-29-9-17-5-18(10-29)7-19(6-17)11-29)21-3-4-38-24(14-36-27(38)25(21)28(40)41-2)20-8-23(30(31,32)33)26(34)35-12-20/h3-4,8,12-14,17-19H,5-7,9-11,15H2,1-2H3,(H2,34,35). The van der Waals surface area contributed by atoms with Gasteiger partial charge in [0.1, 0.15) is 11.4 Å². The van der Waals surface area contributed by atoms with Gasteiger partial charge in [0.2, 0.25) is 0 Å². The Kier molecular flexibility index (Phi) is 5.75. The molecule has 41 heavy (non-hydrogen) atoms. The number of rotatable bonds is 5. The number of nitrogens with two attached hydrogens (primary N) is 1. The highest BCUT2D eigenvalue weighted by Crippen LogP contribution is 2.60. The molecule has 4 fully saturated rings. The van der Waals surface area contributed by atoms with Crippen LogP contribution >= 0.6 is 0 Å². The van der Waals surface area contributed by atoms with Gasteiger partial charge in [-0.05, 0) is 80.8 Å². The summed E-state index contributed by atoms with van der Waals surface area (Å²) in [6.07, 6.45) is 9.42. The number of imidazole rings is 1. The lowest BCUT2D eigenvalue weighted by Crippen LogP contribution is -2.48. The minimum Gasteiger partial charge on any atom is -0.465 e. The van der Waals surface area contributed by atoms with Crippen molar-refractivity contribution in [1.82, 2.24) is 24.1 Å². The molecule has 4 heterocycles. The number of carbonyl (C=O) groups excluding carboxylic acids is 1. The first-order valence-electron chi connectivity index (χ1n) is 14.0. The van der Waals surface area contributed by atoms with E-state index in [4.69, 9.17) is 15.6 Å². The van der Waals surface area contributed by atoms with E-state index in [1.165, 1.54) is 58.0 Å². The number of fused-ring (bicyclic) bond motifs is 1. The highest BCUT2D eigenvalue weighted by atomic mass is 19.4. The van der Waals surface area contributed by atoms with Crippen LogP contribution in [0.5, 0.6) is 0 Å². The molecule has 0 amide bonds. The number of nitrogens with zero attached hydrogens (tertiary/aromatic N) is 5. The molecule has 11 heteroatoms. The van der Waals surface area contributed by atoms with E-state index in [0.717, 1.165) is 41.6 Å². The molecule has 4 aliphatic rings. The summed E-state index contributed by atoms with van der Waals surface area (Å²) in [4.78, 5) is 21.3. The molecule has 0 unspecified atom stereocenters. The van der Waals surface area contributed by atoms with Gasteiger partial charge in [0.05, 0.1) is 30.8 Å². The number of nitrogen functional groups attached to an aromatic ring is 1. The molecular weight excluding hydrogens is 533 g/mol. The lowest BCUT2D eigenvalue weighted by molar-refractivity contribution is -0.137. The summed E-state index contributed by atoms with van der Waals surface area (Å²) in [6.45, 7) is 2.89. The molecule has 0 radical (unpaired) electrons. The Morgan fingerprint density at radius 1 is 1.07 bits per heavy atom. The van der Waals surface area contributed by atoms with Gasteiger partial charge in [-0.2, -0.15) is 18.3 Å². The summed E-state index contributed by atoms with van der Waals surface area (Å²) in [5.41, 5.74) is 8.12. The van der Waals surface area contributed by atoms with Crippen LogP contribution in [-0.2, 0) is 17.5 Å². The number of esters is 1. The number of methoxy groups -OCH3 is 1. The van der Waals surface area contributed by atoms with Crippen LogP contribution in [0.15, 0.2) is 36.9 Å². The normalized spacial score (nSPS) is 25.2. The smallest absolute Gasteiger partial charge is 0.419 e. The molecule has 0 spiro atoms. The molecule has 0 aliphatic heterocycles. The van der Waals surface area contributed by atoms with Crippen molar-refractivity contribution in [2.45, 2.75) is 58.2 Å². The lowest BCUT2D eigenvalue weighted by atomic mass is 9.49. The second-order valence-electron chi connectivity index (χ2n) is 12.3. The maximum atomic E-state index is 13.5. The number of hydrogen-bond donors (Lipinski definition) is 1. The molecular formula is C30H31F3N6O2. The average molecular weight is 565 g/mol. The molecule has 4 aromatic rings. The van der Waals surface area contributed by atoms with E-state index in [1.807, 2.05) is 6.92 Å². The largest absolute Gasteiger partial charge is 0.465 e. The number of carbonyl (C=O) groups is 1. The van der Waals surface area contributed by atoms with Gasteiger partial charge in [-0.25, -0.2) is 14.8 Å². The van der Waals surface area contributed by atoms with Crippen LogP contribution in [0.25, 0.3) is 28.0 Å². The molecule has 4 aromatic heterocycles. The number of anilines is 1. The van der Waals surface area contributed by atoms with E-state index >= 15 is 0 Å². The number of halogens is 3. The number of alkyl halides is 3. The predicted octanol–water partition coefficient (Wildman–Crippen LogP) is 6.17. The van der Waals surface area contributed by atoms with Crippen LogP contribution < -0.4 is 5.73 Å². The summed E-state index contributed by atoms with van der Waals surface area (Å²) in [5, 5.41) is 4.78. The van der Waals surface area contributed by atoms with E-state index in [-0.39, 0.29) is 22.2 Å². The molecule has 214 valence electrons. The van der Waals surface area contributed by atoms with Gasteiger partial charge in [-0.15, -0.1) is 0 Å². The molecule has 4 aliphatic carbocycles. The molecule has 0 atom stereocenters. The van der Waals surface area contributed by atoms with Gasteiger partial charge < -0.3 is 10.5 Å². The fraction of sp³-hybridized carbons (Fsp3) is 0.467. The number of aromatic nitrogens is 5. The Balaban J connectivity index is 1.29. The summed E-state index contributed by atoms with van der Waals surface area (Å²) in [5.74, 6) is 1.31. The van der Waals surface area contributed by atoms with Gasteiger partial charge in [-0.1, -0.05) is 0 Å². The molecule has 2 N–H and O–H groups in total. The molecule has 4 saturated carbocycles. The van der Waals surface area contributed by atoms with Crippen LogP contribution in [-0.4, -0.2) is 37.2 Å². The quantitative estimate of drug-likeness (QED) is 0.291. The fourth-order valence-corrected chi connectivity index (χ4v) is 8.31. The van der Waals surface area contributed by atoms with Crippen molar-refractivity contribution in [2.75, 3.05) is 12.8 Å². The van der Waals surface area contributed by atoms with Crippen LogP contribution in [0.3, 0.4) is 0 Å². The summed E-state index contributed by atoms with van der Waals surface area (Å²) in [6, 6.07) is 2.70. The van der Waals surface area contributed by atoms with Crippen molar-refractivity contribution in [1.29, 1.82) is 0 Å². The van der Waals surface area contributed by atoms with Gasteiger partial charge in [0.15, 0.2) is 5.65 Å². The Bertz CT molecular complexity index is 1650. The zero-order valence-electron chi connectivity index (χ0n) is 22.9. The third-order valence-corrected chi connectivity index (χ3v) is 9.63. The minimum atomic E-state index is -4.66. The Hall–Kier alpha value is -3.89. The number of pyridine rings is 2. The SMILES string of the molecule is COC(=O)c1c(-c2cnn(CC34CC5CC(CC(C5)C3)C4)c2C)ccn2c(-c3cnc(N)c(C(F)(F)F)c3)cnc12. The van der Waals surface area contributed by atoms with Gasteiger partial charge in [0, 0.05) is 41.3 Å². The topological polar surface area (TPSA) is 100 Å². The second kappa shape index (κ2) is 9.06. The van der Waals surface area contributed by atoms with E-state index in [1.54, 1.807) is 22.9 Å². The number of ether oxygens (including phenoxy) is 1. The first-order chi connectivity index (χ1) is 19.5. The zero-order chi connectivity index (χ0) is 28.7. The second-order valence-corrected chi connectivity index (χ2v) is 12.3. The van der Waals surface area contributed by atoms with E-state index in [0.29, 0.717) is 11.3 Å². The monoisotopic (exact) mass is 564 g/mol. The van der Waals surface area contributed by atoms with Crippen molar-refractivity contribution in [2.24, 2.45) is 23.2 Å². The van der Waals surface area contributed by atoms with Crippen molar-refractivity contribution in [3.05, 3.63) is 53.7 Å². The van der Waals surface area contributed by atoms with Crippen LogP contribution in [0.4, 0.5) is 19.0 Å². The predicted molar refractivity (Wildman–Crippen MR) is 146 cm³/mol. The van der Waals surface area contributed by atoms with E-state index < -0.39 is 23.5 Å². The van der Waals surface area contributed by atoms with Crippen molar-refractivity contribution < 1.29 is 22.7 Å². The van der Waals surface area contributed by atoms with Crippen LogP contribution in [0.1, 0.15) is 60.1 Å². The maximum absolute atomic E-state index is 13.5. The highest BCUT2D eigenvalue weighted by Gasteiger charge is 2.51. The van der Waals surface area contributed by atoms with Crippen molar-refractivity contribution >= 4 is 17.4 Å². The van der Waals surface area contributed by atoms with Crippen LogP contribution in [0, 0.1) is 30.1 Å². The zero-order valence-corrected chi connectivity index (χ0v) is 22.9. The average Bonchev–Trinajstić information content (AvgIpc) is 3.50. The molecule has 8 nitrogen and oxygen atoms in total. The van der Waals surface area contributed by atoms with Crippen LogP contribution in [0.2, 0.25) is 0 Å². The van der Waals surface area contributed by atoms with E-state index in [2.05, 4.69) is 14.6 Å². The maximum Gasteiger partial charge on any atom is 0.419 e. The van der Waals surface area contributed by atoms with Crippen molar-refractivity contribution in [3.63, 3.8) is 0 Å². The Labute approximate surface area is 234 Å². The lowest BCUT2D eigenvalue weighted by Gasteiger charge is -2.56. The van der Waals surface area contributed by atoms with Gasteiger partial charge in [0.25, 0.3) is 0 Å². The third-order valence-electron chi connectivity index (χ3n) is 9.63. The molecule has 4 bridgehead atoms. The molecule has 8 rings (SSSR count). The Morgan fingerprint density at radius 2 is 1.76 bits per heavy atom. The summed E-state index contributed by atoms with van der Waals surface area (Å²) in [7, 11) is 1.29. The van der Waals surface area contributed by atoms with E-state index in [9.17, 15) is 18.0 Å².